The number of rotatable bonds is 3. The van der Waals surface area contributed by atoms with Gasteiger partial charge in [0.25, 0.3) is 0 Å². The maximum absolute atomic E-state index is 12.9. The molecule has 0 spiro atoms. The van der Waals surface area contributed by atoms with Crippen LogP contribution in [0.4, 0.5) is 0 Å². The van der Waals surface area contributed by atoms with Gasteiger partial charge in [-0.3, -0.25) is 9.69 Å². The first-order valence-corrected chi connectivity index (χ1v) is 9.62. The standard InChI is InChI=1S/C23H28N2O/c1-16-8-4-6-10-18(16)12-22(26)25-14-19-13-24(3)23(21(19)15-25)20-11-7-5-9-17(20)2/h4-11,19,21,23H,12-15H2,1-3H3/t19-,21+,23+/m0/s1. The van der Waals surface area contributed by atoms with Crippen LogP contribution in [-0.2, 0) is 11.2 Å². The zero-order chi connectivity index (χ0) is 18.3. The summed E-state index contributed by atoms with van der Waals surface area (Å²) in [5, 5.41) is 0. The van der Waals surface area contributed by atoms with Gasteiger partial charge in [-0.05, 0) is 49.1 Å². The topological polar surface area (TPSA) is 23.6 Å². The molecule has 0 N–H and O–H groups in total. The van der Waals surface area contributed by atoms with E-state index in [1.807, 2.05) is 12.1 Å². The van der Waals surface area contributed by atoms with Crippen molar-refractivity contribution in [3.8, 4) is 0 Å². The number of benzene rings is 2. The number of amides is 1. The average Bonchev–Trinajstić information content (AvgIpc) is 3.14. The average molecular weight is 348 g/mol. The third-order valence-electron chi connectivity index (χ3n) is 6.36. The van der Waals surface area contributed by atoms with E-state index in [4.69, 9.17) is 0 Å². The summed E-state index contributed by atoms with van der Waals surface area (Å²) < 4.78 is 0. The molecule has 0 aliphatic carbocycles. The van der Waals surface area contributed by atoms with Crippen molar-refractivity contribution in [2.75, 3.05) is 26.7 Å². The maximum Gasteiger partial charge on any atom is 0.227 e. The lowest BCUT2D eigenvalue weighted by Crippen LogP contribution is -2.34. The maximum atomic E-state index is 12.9. The minimum absolute atomic E-state index is 0.278. The fourth-order valence-electron chi connectivity index (χ4n) is 4.93. The van der Waals surface area contributed by atoms with Crippen LogP contribution < -0.4 is 0 Å². The van der Waals surface area contributed by atoms with Crippen molar-refractivity contribution in [3.05, 3.63) is 70.8 Å². The lowest BCUT2D eigenvalue weighted by atomic mass is 9.88. The summed E-state index contributed by atoms with van der Waals surface area (Å²) in [7, 11) is 2.23. The molecule has 3 heteroatoms. The number of nitrogens with zero attached hydrogens (tertiary/aromatic N) is 2. The Morgan fingerprint density at radius 3 is 2.38 bits per heavy atom. The molecule has 26 heavy (non-hydrogen) atoms. The van der Waals surface area contributed by atoms with Crippen LogP contribution in [0.5, 0.6) is 0 Å². The molecule has 0 saturated carbocycles. The van der Waals surface area contributed by atoms with Gasteiger partial charge >= 0.3 is 0 Å². The van der Waals surface area contributed by atoms with Crippen molar-refractivity contribution in [1.82, 2.24) is 9.80 Å². The van der Waals surface area contributed by atoms with Crippen molar-refractivity contribution in [3.63, 3.8) is 0 Å². The highest BCUT2D eigenvalue weighted by Crippen LogP contribution is 2.44. The van der Waals surface area contributed by atoms with Gasteiger partial charge in [0, 0.05) is 31.6 Å². The zero-order valence-corrected chi connectivity index (χ0v) is 16.0. The molecule has 0 unspecified atom stereocenters. The number of carbonyl (C=O) groups is 1. The second-order valence-corrected chi connectivity index (χ2v) is 8.07. The van der Waals surface area contributed by atoms with E-state index < -0.39 is 0 Å². The molecule has 136 valence electrons. The molecule has 2 aromatic carbocycles. The second kappa shape index (κ2) is 6.88. The van der Waals surface area contributed by atoms with E-state index in [1.54, 1.807) is 0 Å². The molecular weight excluding hydrogens is 320 g/mol. The van der Waals surface area contributed by atoms with E-state index in [9.17, 15) is 4.79 Å². The number of hydrogen-bond acceptors (Lipinski definition) is 2. The SMILES string of the molecule is Cc1ccccc1CC(=O)N1C[C@@H]2CN(C)[C@H](c3ccccc3C)[C@@H]2C1. The largest absolute Gasteiger partial charge is 0.342 e. The molecule has 0 aromatic heterocycles. The van der Waals surface area contributed by atoms with E-state index in [2.05, 4.69) is 67.1 Å². The van der Waals surface area contributed by atoms with Gasteiger partial charge in [0.05, 0.1) is 6.42 Å². The summed E-state index contributed by atoms with van der Waals surface area (Å²) in [4.78, 5) is 17.5. The van der Waals surface area contributed by atoms with Crippen LogP contribution in [-0.4, -0.2) is 42.4 Å². The third kappa shape index (κ3) is 3.05. The Kier molecular flexibility index (Phi) is 4.58. The summed E-state index contributed by atoms with van der Waals surface area (Å²) in [5.74, 6) is 1.41. The van der Waals surface area contributed by atoms with Crippen LogP contribution in [0, 0.1) is 25.7 Å². The van der Waals surface area contributed by atoms with Gasteiger partial charge in [0.15, 0.2) is 0 Å². The van der Waals surface area contributed by atoms with Crippen molar-refractivity contribution in [1.29, 1.82) is 0 Å². The first-order chi connectivity index (χ1) is 12.5. The monoisotopic (exact) mass is 348 g/mol. The molecule has 3 nitrogen and oxygen atoms in total. The van der Waals surface area contributed by atoms with Crippen LogP contribution >= 0.6 is 0 Å². The lowest BCUT2D eigenvalue weighted by Gasteiger charge is -2.28. The van der Waals surface area contributed by atoms with E-state index in [0.29, 0.717) is 24.3 Å². The minimum Gasteiger partial charge on any atom is -0.342 e. The minimum atomic E-state index is 0.278. The van der Waals surface area contributed by atoms with E-state index in [-0.39, 0.29) is 5.91 Å². The van der Waals surface area contributed by atoms with Crippen LogP contribution in [0.1, 0.15) is 28.3 Å². The van der Waals surface area contributed by atoms with Crippen molar-refractivity contribution < 1.29 is 4.79 Å². The summed E-state index contributed by atoms with van der Waals surface area (Å²) in [5.41, 5.74) is 5.14. The normalized spacial score (nSPS) is 25.5. The summed E-state index contributed by atoms with van der Waals surface area (Å²) in [6, 6.07) is 17.4. The van der Waals surface area contributed by atoms with Gasteiger partial charge in [-0.1, -0.05) is 48.5 Å². The van der Waals surface area contributed by atoms with Crippen molar-refractivity contribution >= 4 is 5.91 Å². The Balaban J connectivity index is 1.50. The molecule has 3 atom stereocenters. The first kappa shape index (κ1) is 17.3. The quantitative estimate of drug-likeness (QED) is 0.846. The molecule has 2 aromatic rings. The Morgan fingerprint density at radius 2 is 1.65 bits per heavy atom. The predicted octanol–water partition coefficient (Wildman–Crippen LogP) is 3.61. The predicted molar refractivity (Wildman–Crippen MR) is 105 cm³/mol. The van der Waals surface area contributed by atoms with E-state index in [1.165, 1.54) is 16.7 Å². The molecule has 4 rings (SSSR count). The first-order valence-electron chi connectivity index (χ1n) is 9.62. The Hall–Kier alpha value is -2.13. The summed E-state index contributed by atoms with van der Waals surface area (Å²) >= 11 is 0. The molecule has 0 radical (unpaired) electrons. The molecule has 0 bridgehead atoms. The number of fused-ring (bicyclic) bond motifs is 1. The highest BCUT2D eigenvalue weighted by molar-refractivity contribution is 5.79. The fraction of sp³-hybridized carbons (Fsp3) is 0.435. The number of hydrogen-bond donors (Lipinski definition) is 0. The molecule has 2 saturated heterocycles. The number of carbonyl (C=O) groups excluding carboxylic acids is 1. The Bertz CT molecular complexity index is 815. The van der Waals surface area contributed by atoms with Crippen molar-refractivity contribution in [2.45, 2.75) is 26.3 Å². The number of aryl methyl sites for hydroxylation is 2. The lowest BCUT2D eigenvalue weighted by molar-refractivity contribution is -0.129. The van der Waals surface area contributed by atoms with Crippen LogP contribution in [0.3, 0.4) is 0 Å². The Labute approximate surface area is 156 Å². The van der Waals surface area contributed by atoms with E-state index >= 15 is 0 Å². The fourth-order valence-corrected chi connectivity index (χ4v) is 4.93. The molecule has 2 heterocycles. The zero-order valence-electron chi connectivity index (χ0n) is 16.0. The van der Waals surface area contributed by atoms with Crippen LogP contribution in [0.15, 0.2) is 48.5 Å². The molecule has 2 aliphatic heterocycles. The van der Waals surface area contributed by atoms with Gasteiger partial charge in [-0.2, -0.15) is 0 Å². The van der Waals surface area contributed by atoms with Gasteiger partial charge < -0.3 is 4.90 Å². The van der Waals surface area contributed by atoms with Gasteiger partial charge in [0.1, 0.15) is 0 Å². The number of likely N-dealkylation sites (tertiary alicyclic amines) is 2. The molecular formula is C23H28N2O. The smallest absolute Gasteiger partial charge is 0.227 e. The Morgan fingerprint density at radius 1 is 0.962 bits per heavy atom. The van der Waals surface area contributed by atoms with Gasteiger partial charge in [-0.25, -0.2) is 0 Å². The van der Waals surface area contributed by atoms with Crippen LogP contribution in [0.2, 0.25) is 0 Å². The highest BCUT2D eigenvalue weighted by Gasteiger charge is 2.47. The van der Waals surface area contributed by atoms with Gasteiger partial charge in [0.2, 0.25) is 5.91 Å². The summed E-state index contributed by atoms with van der Waals surface area (Å²) in [6.45, 7) is 7.16. The molecule has 2 aliphatic rings. The molecule has 1 amide bonds. The second-order valence-electron chi connectivity index (χ2n) is 8.07. The van der Waals surface area contributed by atoms with Crippen LogP contribution in [0.25, 0.3) is 0 Å². The van der Waals surface area contributed by atoms with Gasteiger partial charge in [-0.15, -0.1) is 0 Å². The third-order valence-corrected chi connectivity index (χ3v) is 6.36. The molecule has 2 fully saturated rings. The summed E-state index contributed by atoms with van der Waals surface area (Å²) in [6.07, 6.45) is 0.525. The van der Waals surface area contributed by atoms with Crippen molar-refractivity contribution in [2.24, 2.45) is 11.8 Å². The highest BCUT2D eigenvalue weighted by atomic mass is 16.2. The van der Waals surface area contributed by atoms with E-state index in [0.717, 1.165) is 25.2 Å².